The van der Waals surface area contributed by atoms with Crippen LogP contribution in [-0.2, 0) is 4.79 Å². The smallest absolute Gasteiger partial charge is 0.265 e. The fraction of sp³-hybridized carbons (Fsp3) is 0.167. The van der Waals surface area contributed by atoms with Crippen molar-refractivity contribution in [1.82, 2.24) is 0 Å². The van der Waals surface area contributed by atoms with Crippen molar-refractivity contribution in [1.29, 1.82) is 0 Å². The van der Waals surface area contributed by atoms with Crippen molar-refractivity contribution in [2.75, 3.05) is 11.9 Å². The van der Waals surface area contributed by atoms with E-state index in [-0.39, 0.29) is 5.91 Å². The lowest BCUT2D eigenvalue weighted by atomic mass is 10.2. The summed E-state index contributed by atoms with van der Waals surface area (Å²) in [6.45, 7) is 5.64. The van der Waals surface area contributed by atoms with Crippen molar-refractivity contribution >= 4 is 39.1 Å². The molecule has 0 fully saturated rings. The summed E-state index contributed by atoms with van der Waals surface area (Å²) in [5, 5.41) is 3.39. The standard InChI is InChI=1S/C18H17BrClNO3/c1-3-10-23-17-7-5-4-6-15(17)21-18(22)12(2)24-16-9-8-13(20)11-14(16)19/h3-9,11-12H,1,10H2,2H3,(H,21,22). The number of nitrogens with one attached hydrogen (secondary N) is 1. The van der Waals surface area contributed by atoms with E-state index in [9.17, 15) is 4.79 Å². The average Bonchev–Trinajstić information content (AvgIpc) is 2.56. The number of anilines is 1. The summed E-state index contributed by atoms with van der Waals surface area (Å²) in [6.07, 6.45) is 0.942. The van der Waals surface area contributed by atoms with Crippen molar-refractivity contribution < 1.29 is 14.3 Å². The molecule has 2 rings (SSSR count). The zero-order valence-electron chi connectivity index (χ0n) is 13.1. The van der Waals surface area contributed by atoms with Gasteiger partial charge in [0.15, 0.2) is 6.10 Å². The highest BCUT2D eigenvalue weighted by Gasteiger charge is 2.17. The van der Waals surface area contributed by atoms with Crippen molar-refractivity contribution in [2.45, 2.75) is 13.0 Å². The van der Waals surface area contributed by atoms with Crippen LogP contribution in [0.3, 0.4) is 0 Å². The number of hydrogen-bond acceptors (Lipinski definition) is 3. The van der Waals surface area contributed by atoms with Crippen molar-refractivity contribution in [3.63, 3.8) is 0 Å². The van der Waals surface area contributed by atoms with Gasteiger partial charge in [-0.3, -0.25) is 4.79 Å². The van der Waals surface area contributed by atoms with Gasteiger partial charge >= 0.3 is 0 Å². The molecule has 0 radical (unpaired) electrons. The Morgan fingerprint density at radius 2 is 2.08 bits per heavy atom. The highest BCUT2D eigenvalue weighted by atomic mass is 79.9. The summed E-state index contributed by atoms with van der Waals surface area (Å²) in [7, 11) is 0. The Morgan fingerprint density at radius 3 is 2.79 bits per heavy atom. The molecule has 0 aromatic heterocycles. The lowest BCUT2D eigenvalue weighted by Crippen LogP contribution is -2.30. The number of halogens is 2. The molecule has 0 bridgehead atoms. The van der Waals surface area contributed by atoms with Gasteiger partial charge in [0.2, 0.25) is 0 Å². The zero-order valence-corrected chi connectivity index (χ0v) is 15.4. The molecule has 6 heteroatoms. The predicted octanol–water partition coefficient (Wildman–Crippen LogP) is 5.07. The van der Waals surface area contributed by atoms with Crippen LogP contribution in [-0.4, -0.2) is 18.6 Å². The summed E-state index contributed by atoms with van der Waals surface area (Å²) in [5.41, 5.74) is 0.579. The van der Waals surface area contributed by atoms with E-state index < -0.39 is 6.10 Å². The summed E-state index contributed by atoms with van der Waals surface area (Å²) < 4.78 is 11.9. The van der Waals surface area contributed by atoms with Gasteiger partial charge in [-0.2, -0.15) is 0 Å². The molecule has 2 aromatic rings. The van der Waals surface area contributed by atoms with Crippen LogP contribution in [0.15, 0.2) is 59.6 Å². The molecule has 1 amide bonds. The maximum absolute atomic E-state index is 12.4. The minimum Gasteiger partial charge on any atom is -0.487 e. The predicted molar refractivity (Wildman–Crippen MR) is 100 cm³/mol. The molecule has 0 aliphatic rings. The number of para-hydroxylation sites is 2. The topological polar surface area (TPSA) is 47.6 Å². The van der Waals surface area contributed by atoms with E-state index >= 15 is 0 Å². The fourth-order valence-electron chi connectivity index (χ4n) is 1.89. The SMILES string of the molecule is C=CCOc1ccccc1NC(=O)C(C)Oc1ccc(Cl)cc1Br. The molecule has 0 spiro atoms. The largest absolute Gasteiger partial charge is 0.487 e. The molecule has 0 aliphatic heterocycles. The molecule has 126 valence electrons. The van der Waals surface area contributed by atoms with Crippen LogP contribution in [0.4, 0.5) is 5.69 Å². The van der Waals surface area contributed by atoms with Gasteiger partial charge in [-0.1, -0.05) is 36.4 Å². The Bertz CT molecular complexity index is 736. The molecule has 1 atom stereocenters. The zero-order chi connectivity index (χ0) is 17.5. The number of amides is 1. The van der Waals surface area contributed by atoms with Gasteiger partial charge in [-0.05, 0) is 53.2 Å². The molecule has 0 aliphatic carbocycles. The van der Waals surface area contributed by atoms with Crippen LogP contribution in [0.2, 0.25) is 5.02 Å². The first-order chi connectivity index (χ1) is 11.5. The van der Waals surface area contributed by atoms with Crippen molar-refractivity contribution in [2.24, 2.45) is 0 Å². The number of benzene rings is 2. The summed E-state index contributed by atoms with van der Waals surface area (Å²) in [4.78, 5) is 12.4. The molecular weight excluding hydrogens is 394 g/mol. The third-order valence-electron chi connectivity index (χ3n) is 3.07. The lowest BCUT2D eigenvalue weighted by Gasteiger charge is -2.17. The Morgan fingerprint density at radius 1 is 1.33 bits per heavy atom. The van der Waals surface area contributed by atoms with E-state index in [1.54, 1.807) is 43.3 Å². The van der Waals surface area contributed by atoms with Crippen LogP contribution < -0.4 is 14.8 Å². The molecule has 1 N–H and O–H groups in total. The van der Waals surface area contributed by atoms with Crippen molar-refractivity contribution in [3.8, 4) is 11.5 Å². The number of rotatable bonds is 7. The number of hydrogen-bond donors (Lipinski definition) is 1. The second-order valence-corrected chi connectivity index (χ2v) is 6.21. The fourth-order valence-corrected chi connectivity index (χ4v) is 2.67. The normalized spacial score (nSPS) is 11.5. The van der Waals surface area contributed by atoms with Gasteiger partial charge in [-0.15, -0.1) is 0 Å². The minimum atomic E-state index is -0.699. The first-order valence-electron chi connectivity index (χ1n) is 7.26. The van der Waals surface area contributed by atoms with E-state index in [2.05, 4.69) is 27.8 Å². The van der Waals surface area contributed by atoms with Gasteiger partial charge in [0.25, 0.3) is 5.91 Å². The lowest BCUT2D eigenvalue weighted by molar-refractivity contribution is -0.122. The molecule has 24 heavy (non-hydrogen) atoms. The summed E-state index contributed by atoms with van der Waals surface area (Å²) in [5.74, 6) is 0.829. The summed E-state index contributed by atoms with van der Waals surface area (Å²) >= 11 is 9.26. The monoisotopic (exact) mass is 409 g/mol. The average molecular weight is 411 g/mol. The van der Waals surface area contributed by atoms with Crippen molar-refractivity contribution in [3.05, 3.63) is 64.6 Å². The first kappa shape index (κ1) is 18.4. The van der Waals surface area contributed by atoms with Crippen LogP contribution >= 0.6 is 27.5 Å². The maximum Gasteiger partial charge on any atom is 0.265 e. The number of ether oxygens (including phenoxy) is 2. The van der Waals surface area contributed by atoms with E-state index in [1.807, 2.05) is 12.1 Å². The van der Waals surface area contributed by atoms with Gasteiger partial charge < -0.3 is 14.8 Å². The first-order valence-corrected chi connectivity index (χ1v) is 8.43. The van der Waals surface area contributed by atoms with Crippen LogP contribution in [0, 0.1) is 0 Å². The molecule has 0 saturated carbocycles. The Balaban J connectivity index is 2.05. The Kier molecular flexibility index (Phi) is 6.70. The third-order valence-corrected chi connectivity index (χ3v) is 3.92. The molecule has 2 aromatic carbocycles. The molecular formula is C18H17BrClNO3. The van der Waals surface area contributed by atoms with Gasteiger partial charge in [0.05, 0.1) is 10.2 Å². The van der Waals surface area contributed by atoms with E-state index in [0.29, 0.717) is 33.3 Å². The number of carbonyl (C=O) groups excluding carboxylic acids is 1. The van der Waals surface area contributed by atoms with E-state index in [0.717, 1.165) is 0 Å². The molecule has 0 saturated heterocycles. The number of carbonyl (C=O) groups is 1. The summed E-state index contributed by atoms with van der Waals surface area (Å²) in [6, 6.07) is 12.3. The van der Waals surface area contributed by atoms with Gasteiger partial charge in [0, 0.05) is 5.02 Å². The molecule has 0 heterocycles. The Labute approximate surface area is 154 Å². The van der Waals surface area contributed by atoms with Crippen LogP contribution in [0.1, 0.15) is 6.92 Å². The second kappa shape index (κ2) is 8.76. The van der Waals surface area contributed by atoms with Crippen LogP contribution in [0.5, 0.6) is 11.5 Å². The van der Waals surface area contributed by atoms with E-state index in [4.69, 9.17) is 21.1 Å². The molecule has 4 nitrogen and oxygen atoms in total. The highest BCUT2D eigenvalue weighted by molar-refractivity contribution is 9.10. The van der Waals surface area contributed by atoms with Crippen LogP contribution in [0.25, 0.3) is 0 Å². The Hall–Kier alpha value is -1.98. The van der Waals surface area contributed by atoms with Gasteiger partial charge in [0.1, 0.15) is 18.1 Å². The van der Waals surface area contributed by atoms with Gasteiger partial charge in [-0.25, -0.2) is 0 Å². The van der Waals surface area contributed by atoms with E-state index in [1.165, 1.54) is 0 Å². The quantitative estimate of drug-likeness (QED) is 0.648. The minimum absolute atomic E-state index is 0.286. The highest BCUT2D eigenvalue weighted by Crippen LogP contribution is 2.29. The second-order valence-electron chi connectivity index (χ2n) is 4.92. The third kappa shape index (κ3) is 5.01. The maximum atomic E-state index is 12.4. The molecule has 1 unspecified atom stereocenters.